The summed E-state index contributed by atoms with van der Waals surface area (Å²) in [5.74, 6) is 0. The molecule has 0 aliphatic carbocycles. The van der Waals surface area contributed by atoms with Crippen LogP contribution in [-0.2, 0) is 6.54 Å². The lowest BCUT2D eigenvalue weighted by molar-refractivity contribution is 0.349. The van der Waals surface area contributed by atoms with E-state index < -0.39 is 0 Å². The van der Waals surface area contributed by atoms with Crippen molar-refractivity contribution in [2.75, 3.05) is 20.6 Å². The molecule has 1 unspecified atom stereocenters. The van der Waals surface area contributed by atoms with Crippen molar-refractivity contribution in [3.8, 4) is 5.69 Å². The number of likely N-dealkylation sites (N-methyl/N-ethyl adjacent to an activating group) is 1. The van der Waals surface area contributed by atoms with Gasteiger partial charge >= 0.3 is 0 Å². The lowest BCUT2D eigenvalue weighted by atomic mass is 10.2. The molecule has 0 fully saturated rings. The van der Waals surface area contributed by atoms with Crippen LogP contribution in [-0.4, -0.2) is 41.1 Å². The van der Waals surface area contributed by atoms with E-state index in [1.807, 2.05) is 17.1 Å². The number of aromatic nitrogens is 2. The number of imidazole rings is 1. The van der Waals surface area contributed by atoms with E-state index >= 15 is 0 Å². The molecule has 1 aromatic heterocycles. The standard InChI is InChI=1S/C15H22N4/c1-13(11-18(2)3)17-10-14-4-6-15(7-5-14)19-9-8-16-12-19/h4-9,12-13,17H,10-11H2,1-3H3. The lowest BCUT2D eigenvalue weighted by Gasteiger charge is -2.18. The molecule has 1 atom stereocenters. The molecule has 0 spiro atoms. The Morgan fingerprint density at radius 1 is 1.26 bits per heavy atom. The van der Waals surface area contributed by atoms with Gasteiger partial charge in [0.25, 0.3) is 0 Å². The van der Waals surface area contributed by atoms with Crippen molar-refractivity contribution >= 4 is 0 Å². The molecular weight excluding hydrogens is 236 g/mol. The first kappa shape index (κ1) is 13.8. The maximum absolute atomic E-state index is 4.05. The minimum Gasteiger partial charge on any atom is -0.309 e. The normalized spacial score (nSPS) is 12.8. The van der Waals surface area contributed by atoms with Crippen molar-refractivity contribution in [2.24, 2.45) is 0 Å². The van der Waals surface area contributed by atoms with E-state index in [9.17, 15) is 0 Å². The summed E-state index contributed by atoms with van der Waals surface area (Å²) in [5.41, 5.74) is 2.44. The fourth-order valence-corrected chi connectivity index (χ4v) is 2.10. The Kier molecular flexibility index (Phi) is 4.71. The van der Waals surface area contributed by atoms with Crippen LogP contribution in [0.3, 0.4) is 0 Å². The number of nitrogens with zero attached hydrogens (tertiary/aromatic N) is 3. The van der Waals surface area contributed by atoms with E-state index in [1.54, 1.807) is 6.20 Å². The van der Waals surface area contributed by atoms with Gasteiger partial charge in [-0.15, -0.1) is 0 Å². The SMILES string of the molecule is CC(CN(C)C)NCc1ccc(-n2ccnc2)cc1. The Bertz CT molecular complexity index is 473. The van der Waals surface area contributed by atoms with Crippen molar-refractivity contribution in [2.45, 2.75) is 19.5 Å². The number of hydrogen-bond donors (Lipinski definition) is 1. The molecule has 102 valence electrons. The zero-order valence-electron chi connectivity index (χ0n) is 11.9. The number of hydrogen-bond acceptors (Lipinski definition) is 3. The van der Waals surface area contributed by atoms with Gasteiger partial charge in [0, 0.05) is 37.2 Å². The summed E-state index contributed by atoms with van der Waals surface area (Å²) in [6.07, 6.45) is 5.55. The minimum atomic E-state index is 0.489. The Hall–Kier alpha value is -1.65. The monoisotopic (exact) mass is 258 g/mol. The number of rotatable bonds is 6. The second kappa shape index (κ2) is 6.50. The predicted octanol–water partition coefficient (Wildman–Crippen LogP) is 1.91. The van der Waals surface area contributed by atoms with Crippen molar-refractivity contribution < 1.29 is 0 Å². The molecule has 0 radical (unpaired) electrons. The second-order valence-electron chi connectivity index (χ2n) is 5.18. The molecule has 1 aromatic carbocycles. The Labute approximate surface area is 115 Å². The van der Waals surface area contributed by atoms with Crippen molar-refractivity contribution in [3.05, 3.63) is 48.5 Å². The van der Waals surface area contributed by atoms with Crippen LogP contribution in [0, 0.1) is 0 Å². The van der Waals surface area contributed by atoms with Crippen molar-refractivity contribution in [1.82, 2.24) is 19.8 Å². The third-order valence-corrected chi connectivity index (χ3v) is 3.03. The zero-order chi connectivity index (χ0) is 13.7. The van der Waals surface area contributed by atoms with Crippen LogP contribution in [0.25, 0.3) is 5.69 Å². The van der Waals surface area contributed by atoms with Gasteiger partial charge in [0.05, 0.1) is 6.33 Å². The van der Waals surface area contributed by atoms with Gasteiger partial charge in [-0.2, -0.15) is 0 Å². The molecule has 2 rings (SSSR count). The van der Waals surface area contributed by atoms with Gasteiger partial charge in [0.1, 0.15) is 0 Å². The van der Waals surface area contributed by atoms with Gasteiger partial charge in [-0.25, -0.2) is 4.98 Å². The zero-order valence-corrected chi connectivity index (χ0v) is 11.9. The molecule has 1 N–H and O–H groups in total. The highest BCUT2D eigenvalue weighted by molar-refractivity contribution is 5.34. The second-order valence-corrected chi connectivity index (χ2v) is 5.18. The van der Waals surface area contributed by atoms with E-state index in [2.05, 4.69) is 60.5 Å². The molecule has 0 saturated heterocycles. The molecule has 2 aromatic rings. The van der Waals surface area contributed by atoms with Crippen LogP contribution in [0.15, 0.2) is 43.0 Å². The van der Waals surface area contributed by atoms with Crippen LogP contribution < -0.4 is 5.32 Å². The lowest BCUT2D eigenvalue weighted by Crippen LogP contribution is -2.35. The Balaban J connectivity index is 1.89. The van der Waals surface area contributed by atoms with E-state index in [-0.39, 0.29) is 0 Å². The number of benzene rings is 1. The molecule has 0 aliphatic rings. The maximum Gasteiger partial charge on any atom is 0.0991 e. The highest BCUT2D eigenvalue weighted by atomic mass is 15.1. The van der Waals surface area contributed by atoms with Crippen LogP contribution in [0.2, 0.25) is 0 Å². The number of nitrogens with one attached hydrogen (secondary N) is 1. The molecule has 0 aliphatic heterocycles. The molecule has 0 bridgehead atoms. The summed E-state index contributed by atoms with van der Waals surface area (Å²) in [7, 11) is 4.19. The van der Waals surface area contributed by atoms with E-state index in [0.29, 0.717) is 6.04 Å². The first-order chi connectivity index (χ1) is 9.15. The molecular formula is C15H22N4. The smallest absolute Gasteiger partial charge is 0.0991 e. The van der Waals surface area contributed by atoms with Gasteiger partial charge in [-0.05, 0) is 38.7 Å². The van der Waals surface area contributed by atoms with Crippen molar-refractivity contribution in [3.63, 3.8) is 0 Å². The van der Waals surface area contributed by atoms with E-state index in [1.165, 1.54) is 5.56 Å². The van der Waals surface area contributed by atoms with Gasteiger partial charge in [-0.3, -0.25) is 0 Å². The van der Waals surface area contributed by atoms with Gasteiger partial charge in [0.15, 0.2) is 0 Å². The van der Waals surface area contributed by atoms with E-state index in [4.69, 9.17) is 0 Å². The van der Waals surface area contributed by atoms with Gasteiger partial charge < -0.3 is 14.8 Å². The molecule has 4 nitrogen and oxygen atoms in total. The van der Waals surface area contributed by atoms with Gasteiger partial charge in [0.2, 0.25) is 0 Å². The first-order valence-corrected chi connectivity index (χ1v) is 6.60. The van der Waals surface area contributed by atoms with Crippen molar-refractivity contribution in [1.29, 1.82) is 0 Å². The fourth-order valence-electron chi connectivity index (χ4n) is 2.10. The first-order valence-electron chi connectivity index (χ1n) is 6.60. The quantitative estimate of drug-likeness (QED) is 0.859. The van der Waals surface area contributed by atoms with Crippen LogP contribution in [0.4, 0.5) is 0 Å². The molecule has 4 heteroatoms. The summed E-state index contributed by atoms with van der Waals surface area (Å²) in [5, 5.41) is 3.52. The minimum absolute atomic E-state index is 0.489. The average Bonchev–Trinajstić information content (AvgIpc) is 2.90. The summed E-state index contributed by atoms with van der Waals surface area (Å²) in [4.78, 5) is 6.25. The highest BCUT2D eigenvalue weighted by Gasteiger charge is 2.03. The van der Waals surface area contributed by atoms with Gasteiger partial charge in [-0.1, -0.05) is 12.1 Å². The summed E-state index contributed by atoms with van der Waals surface area (Å²) in [6.45, 7) is 4.16. The Morgan fingerprint density at radius 3 is 2.58 bits per heavy atom. The molecule has 19 heavy (non-hydrogen) atoms. The third-order valence-electron chi connectivity index (χ3n) is 3.03. The Morgan fingerprint density at radius 2 is 2.00 bits per heavy atom. The molecule has 0 amide bonds. The third kappa shape index (κ3) is 4.19. The predicted molar refractivity (Wildman–Crippen MR) is 78.4 cm³/mol. The fraction of sp³-hybridized carbons (Fsp3) is 0.400. The summed E-state index contributed by atoms with van der Waals surface area (Å²) < 4.78 is 2.01. The van der Waals surface area contributed by atoms with Crippen LogP contribution >= 0.6 is 0 Å². The summed E-state index contributed by atoms with van der Waals surface area (Å²) in [6, 6.07) is 9.04. The van der Waals surface area contributed by atoms with E-state index in [0.717, 1.165) is 18.8 Å². The van der Waals surface area contributed by atoms with Crippen LogP contribution in [0.5, 0.6) is 0 Å². The maximum atomic E-state index is 4.05. The highest BCUT2D eigenvalue weighted by Crippen LogP contribution is 2.09. The molecule has 0 saturated carbocycles. The van der Waals surface area contributed by atoms with Crippen LogP contribution in [0.1, 0.15) is 12.5 Å². The summed E-state index contributed by atoms with van der Waals surface area (Å²) >= 11 is 0. The topological polar surface area (TPSA) is 33.1 Å². The average molecular weight is 258 g/mol. The molecule has 1 heterocycles. The largest absolute Gasteiger partial charge is 0.309 e.